The molecule has 0 radical (unpaired) electrons. The summed E-state index contributed by atoms with van der Waals surface area (Å²) in [6, 6.07) is 13.0. The number of amides is 3. The number of para-hydroxylation sites is 2. The highest BCUT2D eigenvalue weighted by atomic mass is 16.5. The number of rotatable bonds is 4. The average Bonchev–Trinajstić information content (AvgIpc) is 3.25. The Kier molecular flexibility index (Phi) is 5.69. The van der Waals surface area contributed by atoms with Crippen molar-refractivity contribution in [2.45, 2.75) is 38.3 Å². The van der Waals surface area contributed by atoms with E-state index in [1.807, 2.05) is 54.1 Å². The predicted octanol–water partition coefficient (Wildman–Crippen LogP) is 3.56. The Morgan fingerprint density at radius 3 is 2.62 bits per heavy atom. The van der Waals surface area contributed by atoms with Gasteiger partial charge in [-0.25, -0.2) is 9.48 Å². The Morgan fingerprint density at radius 2 is 1.88 bits per heavy atom. The second kappa shape index (κ2) is 8.81. The number of pyridine rings is 1. The molecule has 0 atom stereocenters. The molecule has 2 aliphatic heterocycles. The molecule has 3 amide bonds. The van der Waals surface area contributed by atoms with Gasteiger partial charge >= 0.3 is 6.03 Å². The molecule has 3 aromatic rings. The van der Waals surface area contributed by atoms with Crippen LogP contribution in [-0.2, 0) is 16.9 Å². The lowest BCUT2D eigenvalue weighted by Crippen LogP contribution is -2.55. The second-order valence-electron chi connectivity index (χ2n) is 8.91. The van der Waals surface area contributed by atoms with Crippen molar-refractivity contribution in [3.8, 4) is 5.75 Å². The van der Waals surface area contributed by atoms with Gasteiger partial charge in [-0.2, -0.15) is 5.10 Å². The van der Waals surface area contributed by atoms with Gasteiger partial charge in [-0.1, -0.05) is 12.1 Å². The summed E-state index contributed by atoms with van der Waals surface area (Å²) in [6.07, 6.45) is 5.16. The van der Waals surface area contributed by atoms with E-state index in [4.69, 9.17) is 9.84 Å². The van der Waals surface area contributed by atoms with E-state index in [0.29, 0.717) is 50.3 Å². The van der Waals surface area contributed by atoms with Gasteiger partial charge in [0.05, 0.1) is 37.0 Å². The molecule has 2 aromatic heterocycles. The van der Waals surface area contributed by atoms with E-state index in [1.54, 1.807) is 29.3 Å². The predicted molar refractivity (Wildman–Crippen MR) is 128 cm³/mol. The average molecular weight is 461 g/mol. The van der Waals surface area contributed by atoms with Gasteiger partial charge in [0.2, 0.25) is 5.91 Å². The van der Waals surface area contributed by atoms with Crippen LogP contribution < -0.4 is 15.0 Å². The van der Waals surface area contributed by atoms with Gasteiger partial charge in [0.1, 0.15) is 11.6 Å². The lowest BCUT2D eigenvalue weighted by Gasteiger charge is -2.46. The number of carbonyl (C=O) groups is 2. The normalized spacial score (nSPS) is 16.9. The Balaban J connectivity index is 1.33. The number of nitrogens with one attached hydrogen (secondary N) is 1. The Hall–Kier alpha value is -3.88. The number of piperidine rings is 1. The summed E-state index contributed by atoms with van der Waals surface area (Å²) in [5.74, 6) is 1.52. The van der Waals surface area contributed by atoms with E-state index in [9.17, 15) is 9.59 Å². The van der Waals surface area contributed by atoms with E-state index in [0.717, 1.165) is 17.1 Å². The van der Waals surface area contributed by atoms with Gasteiger partial charge in [0.15, 0.2) is 0 Å². The number of likely N-dealkylation sites (tertiary alicyclic amines) is 1. The molecule has 1 saturated heterocycles. The van der Waals surface area contributed by atoms with Crippen LogP contribution in [0.1, 0.15) is 30.5 Å². The van der Waals surface area contributed by atoms with E-state index in [2.05, 4.69) is 10.3 Å². The first-order chi connectivity index (χ1) is 16.5. The fourth-order valence-corrected chi connectivity index (χ4v) is 4.90. The Labute approximate surface area is 198 Å². The zero-order chi connectivity index (χ0) is 23.7. The molecule has 0 saturated carbocycles. The van der Waals surface area contributed by atoms with Gasteiger partial charge in [-0.15, -0.1) is 0 Å². The number of hydrogen-bond donors (Lipinski definition) is 1. The summed E-state index contributed by atoms with van der Waals surface area (Å²) in [5.41, 5.74) is 2.11. The molecule has 9 nitrogen and oxygen atoms in total. The van der Waals surface area contributed by atoms with Crippen molar-refractivity contribution in [2.75, 3.05) is 30.4 Å². The molecular weight excluding hydrogens is 432 g/mol. The summed E-state index contributed by atoms with van der Waals surface area (Å²) in [5, 5.41) is 7.74. The molecule has 9 heteroatoms. The Morgan fingerprint density at radius 1 is 1.15 bits per heavy atom. The molecule has 176 valence electrons. The van der Waals surface area contributed by atoms with Gasteiger partial charge in [0.25, 0.3) is 0 Å². The molecule has 0 bridgehead atoms. The number of methoxy groups -OCH3 is 1. The highest BCUT2D eigenvalue weighted by molar-refractivity contribution is 5.95. The molecule has 4 heterocycles. The number of urea groups is 1. The molecule has 0 unspecified atom stereocenters. The van der Waals surface area contributed by atoms with Crippen molar-refractivity contribution in [1.82, 2.24) is 19.7 Å². The van der Waals surface area contributed by atoms with Crippen molar-refractivity contribution in [3.05, 3.63) is 66.1 Å². The van der Waals surface area contributed by atoms with Crippen LogP contribution in [0, 0.1) is 6.92 Å². The van der Waals surface area contributed by atoms with Crippen LogP contribution in [0.4, 0.5) is 16.3 Å². The highest BCUT2D eigenvalue weighted by Gasteiger charge is 2.46. The van der Waals surface area contributed by atoms with Crippen LogP contribution in [0.3, 0.4) is 0 Å². The third-order valence-electron chi connectivity index (χ3n) is 6.74. The third kappa shape index (κ3) is 3.98. The molecule has 5 rings (SSSR count). The van der Waals surface area contributed by atoms with Crippen LogP contribution in [-0.4, -0.2) is 51.8 Å². The molecule has 1 N–H and O–H groups in total. The van der Waals surface area contributed by atoms with Crippen molar-refractivity contribution in [1.29, 1.82) is 0 Å². The monoisotopic (exact) mass is 460 g/mol. The topological polar surface area (TPSA) is 92.6 Å². The lowest BCUT2D eigenvalue weighted by molar-refractivity contribution is -0.123. The minimum Gasteiger partial charge on any atom is -0.495 e. The van der Waals surface area contributed by atoms with Crippen molar-refractivity contribution < 1.29 is 14.3 Å². The van der Waals surface area contributed by atoms with Gasteiger partial charge in [-0.3, -0.25) is 14.7 Å². The maximum Gasteiger partial charge on any atom is 0.321 e. The maximum atomic E-state index is 13.3. The number of fused-ring (bicyclic) bond motifs is 2. The first-order valence-corrected chi connectivity index (χ1v) is 11.4. The highest BCUT2D eigenvalue weighted by Crippen LogP contribution is 2.42. The molecule has 2 aliphatic rings. The zero-order valence-corrected chi connectivity index (χ0v) is 19.4. The number of hydrogen-bond acceptors (Lipinski definition) is 5. The van der Waals surface area contributed by atoms with Crippen molar-refractivity contribution >= 4 is 23.4 Å². The molecule has 1 fully saturated rings. The van der Waals surface area contributed by atoms with Gasteiger partial charge in [-0.05, 0) is 49.6 Å². The quantitative estimate of drug-likeness (QED) is 0.643. The zero-order valence-electron chi connectivity index (χ0n) is 19.4. The number of aryl methyl sites for hydroxylation is 1. The summed E-state index contributed by atoms with van der Waals surface area (Å²) < 4.78 is 7.37. The van der Waals surface area contributed by atoms with E-state index < -0.39 is 5.54 Å². The number of benzene rings is 1. The summed E-state index contributed by atoms with van der Waals surface area (Å²) in [7, 11) is 1.58. The Bertz CT molecular complexity index is 1200. The first kappa shape index (κ1) is 21.9. The number of aromatic nitrogens is 3. The maximum absolute atomic E-state index is 13.3. The number of carbonyl (C=O) groups excluding carboxylic acids is 2. The van der Waals surface area contributed by atoms with Crippen molar-refractivity contribution in [3.63, 3.8) is 0 Å². The number of nitrogens with zero attached hydrogens (tertiary/aromatic N) is 5. The van der Waals surface area contributed by atoms with Crippen molar-refractivity contribution in [2.24, 2.45) is 0 Å². The molecular formula is C25H28N6O3. The van der Waals surface area contributed by atoms with E-state index in [1.165, 1.54) is 0 Å². The standard InChI is InChI=1S/C25H28N6O3/c1-18-15-22-30(17-19-7-11-26-12-8-19)23(32)16-25(31(22)28-18)9-13-29(14-10-25)24(33)27-20-5-3-4-6-21(20)34-2/h3-8,11-12,15H,9-10,13-14,16-17H2,1-2H3,(H,27,33). The minimum absolute atomic E-state index is 0.0798. The van der Waals surface area contributed by atoms with Crippen LogP contribution in [0.25, 0.3) is 0 Å². The largest absolute Gasteiger partial charge is 0.495 e. The first-order valence-electron chi connectivity index (χ1n) is 11.4. The lowest BCUT2D eigenvalue weighted by atomic mass is 9.82. The van der Waals surface area contributed by atoms with Gasteiger partial charge in [0, 0.05) is 31.5 Å². The van der Waals surface area contributed by atoms with Crippen LogP contribution in [0.15, 0.2) is 54.9 Å². The van der Waals surface area contributed by atoms with Gasteiger partial charge < -0.3 is 15.0 Å². The van der Waals surface area contributed by atoms with E-state index >= 15 is 0 Å². The SMILES string of the molecule is COc1ccccc1NC(=O)N1CCC2(CC1)CC(=O)N(Cc1ccncc1)c1cc(C)nn12. The smallest absolute Gasteiger partial charge is 0.321 e. The number of ether oxygens (including phenoxy) is 1. The summed E-state index contributed by atoms with van der Waals surface area (Å²) >= 11 is 0. The van der Waals surface area contributed by atoms with Crippen LogP contribution >= 0.6 is 0 Å². The molecule has 1 aromatic carbocycles. The van der Waals surface area contributed by atoms with Crippen LogP contribution in [0.2, 0.25) is 0 Å². The molecule has 1 spiro atoms. The molecule has 0 aliphatic carbocycles. The second-order valence-corrected chi connectivity index (χ2v) is 8.91. The van der Waals surface area contributed by atoms with Crippen LogP contribution in [0.5, 0.6) is 5.75 Å². The fraction of sp³-hybridized carbons (Fsp3) is 0.360. The third-order valence-corrected chi connectivity index (χ3v) is 6.74. The van der Waals surface area contributed by atoms with E-state index in [-0.39, 0.29) is 11.9 Å². The minimum atomic E-state index is -0.420. The number of anilines is 2. The summed E-state index contributed by atoms with van der Waals surface area (Å²) in [4.78, 5) is 33.9. The fourth-order valence-electron chi connectivity index (χ4n) is 4.90. The molecule has 34 heavy (non-hydrogen) atoms. The summed E-state index contributed by atoms with van der Waals surface area (Å²) in [6.45, 7) is 3.51.